The van der Waals surface area contributed by atoms with Gasteiger partial charge in [0.15, 0.2) is 0 Å². The summed E-state index contributed by atoms with van der Waals surface area (Å²) in [6.45, 7) is 1.48. The Morgan fingerprint density at radius 3 is 2.48 bits per heavy atom. The summed E-state index contributed by atoms with van der Waals surface area (Å²) < 4.78 is 10.4. The maximum Gasteiger partial charge on any atom is 0.130 e. The number of ether oxygens (including phenoxy) is 2. The molecule has 27 heavy (non-hydrogen) atoms. The molecule has 0 aliphatic heterocycles. The van der Waals surface area contributed by atoms with E-state index in [1.54, 1.807) is 14.2 Å². The predicted octanol–water partition coefficient (Wildman–Crippen LogP) is 3.35. The van der Waals surface area contributed by atoms with Crippen molar-refractivity contribution >= 4 is 0 Å². The summed E-state index contributed by atoms with van der Waals surface area (Å²) in [7, 11) is 3.42. The number of hydrogen-bond donors (Lipinski definition) is 1. The van der Waals surface area contributed by atoms with Crippen LogP contribution in [0.1, 0.15) is 42.1 Å². The Morgan fingerprint density at radius 1 is 1.04 bits per heavy atom. The molecule has 4 rings (SSSR count). The zero-order valence-electron chi connectivity index (χ0n) is 16.2. The molecule has 1 aromatic heterocycles. The van der Waals surface area contributed by atoms with Gasteiger partial charge in [-0.05, 0) is 42.4 Å². The topological polar surface area (TPSA) is 56.3 Å². The van der Waals surface area contributed by atoms with Crippen molar-refractivity contribution in [3.63, 3.8) is 0 Å². The van der Waals surface area contributed by atoms with Gasteiger partial charge in [0, 0.05) is 50.0 Å². The number of nitrogens with zero attached hydrogens (tertiary/aromatic N) is 2. The molecular weight excluding hydrogens is 338 g/mol. The molecule has 0 spiro atoms. The van der Waals surface area contributed by atoms with Crippen LogP contribution < -0.4 is 10.1 Å². The van der Waals surface area contributed by atoms with Gasteiger partial charge in [-0.2, -0.15) is 0 Å². The molecule has 0 radical (unpaired) electrons. The molecule has 2 aromatic rings. The second kappa shape index (κ2) is 8.36. The zero-order chi connectivity index (χ0) is 18.6. The Labute approximate surface area is 161 Å². The highest BCUT2D eigenvalue weighted by Gasteiger charge is 2.52. The molecule has 1 aromatic carbocycles. The number of fused-ring (bicyclic) bond motifs is 1. The van der Waals surface area contributed by atoms with E-state index >= 15 is 0 Å². The van der Waals surface area contributed by atoms with Crippen LogP contribution in [-0.4, -0.2) is 36.8 Å². The normalized spacial score (nSPS) is 26.4. The second-order valence-electron chi connectivity index (χ2n) is 7.71. The molecule has 0 bridgehead atoms. The molecule has 2 fully saturated rings. The van der Waals surface area contributed by atoms with E-state index in [9.17, 15) is 0 Å². The van der Waals surface area contributed by atoms with Gasteiger partial charge in [0.05, 0.1) is 13.7 Å². The van der Waals surface area contributed by atoms with Crippen molar-refractivity contribution in [3.8, 4) is 5.75 Å². The van der Waals surface area contributed by atoms with E-state index in [4.69, 9.17) is 9.47 Å². The molecule has 0 saturated heterocycles. The molecule has 5 nitrogen and oxygen atoms in total. The second-order valence-corrected chi connectivity index (χ2v) is 7.71. The maximum absolute atomic E-state index is 5.32. The fourth-order valence-corrected chi connectivity index (χ4v) is 4.89. The van der Waals surface area contributed by atoms with Crippen molar-refractivity contribution in [2.75, 3.05) is 20.8 Å². The Balaban J connectivity index is 1.40. The number of aromatic nitrogens is 2. The quantitative estimate of drug-likeness (QED) is 0.775. The molecule has 0 unspecified atom stereocenters. The van der Waals surface area contributed by atoms with Gasteiger partial charge in [-0.25, -0.2) is 9.97 Å². The Morgan fingerprint density at radius 2 is 1.78 bits per heavy atom. The van der Waals surface area contributed by atoms with Gasteiger partial charge >= 0.3 is 0 Å². The van der Waals surface area contributed by atoms with Crippen LogP contribution in [0.2, 0.25) is 0 Å². The highest BCUT2D eigenvalue weighted by Crippen LogP contribution is 2.56. The van der Waals surface area contributed by atoms with E-state index in [0.29, 0.717) is 18.6 Å². The summed E-state index contributed by atoms with van der Waals surface area (Å²) in [6.07, 6.45) is 8.71. The molecule has 4 atom stereocenters. The van der Waals surface area contributed by atoms with Gasteiger partial charge in [-0.3, -0.25) is 0 Å². The Hall–Kier alpha value is -1.98. The van der Waals surface area contributed by atoms with Crippen LogP contribution in [0.3, 0.4) is 0 Å². The fourth-order valence-electron chi connectivity index (χ4n) is 4.89. The van der Waals surface area contributed by atoms with Gasteiger partial charge < -0.3 is 14.8 Å². The van der Waals surface area contributed by atoms with Crippen molar-refractivity contribution in [3.05, 3.63) is 53.6 Å². The van der Waals surface area contributed by atoms with E-state index in [0.717, 1.165) is 41.9 Å². The first-order valence-corrected chi connectivity index (χ1v) is 9.96. The highest BCUT2D eigenvalue weighted by molar-refractivity contribution is 5.34. The Kier molecular flexibility index (Phi) is 5.69. The molecule has 5 heteroatoms. The third-order valence-corrected chi connectivity index (χ3v) is 6.27. The highest BCUT2D eigenvalue weighted by atomic mass is 16.5. The van der Waals surface area contributed by atoms with E-state index in [2.05, 4.69) is 39.6 Å². The number of hydrogen-bond acceptors (Lipinski definition) is 5. The van der Waals surface area contributed by atoms with Crippen LogP contribution in [0, 0.1) is 11.8 Å². The third-order valence-electron chi connectivity index (χ3n) is 6.27. The van der Waals surface area contributed by atoms with E-state index in [1.165, 1.54) is 24.8 Å². The maximum atomic E-state index is 5.32. The first-order chi connectivity index (χ1) is 13.3. The van der Waals surface area contributed by atoms with Crippen LogP contribution in [-0.2, 0) is 17.7 Å². The average molecular weight is 367 g/mol. The van der Waals surface area contributed by atoms with Crippen LogP contribution in [0.5, 0.6) is 5.75 Å². The smallest absolute Gasteiger partial charge is 0.130 e. The molecule has 1 N–H and O–H groups in total. The van der Waals surface area contributed by atoms with Crippen LogP contribution in [0.25, 0.3) is 0 Å². The zero-order valence-corrected chi connectivity index (χ0v) is 16.2. The molecule has 2 aliphatic rings. The van der Waals surface area contributed by atoms with Crippen molar-refractivity contribution in [2.45, 2.75) is 44.2 Å². The number of nitrogens with one attached hydrogen (secondary N) is 1. The lowest BCUT2D eigenvalue weighted by Crippen LogP contribution is -2.54. The van der Waals surface area contributed by atoms with Crippen LogP contribution in [0.15, 0.2) is 36.7 Å². The summed E-state index contributed by atoms with van der Waals surface area (Å²) in [6, 6.07) is 9.18. The van der Waals surface area contributed by atoms with Crippen molar-refractivity contribution in [1.29, 1.82) is 0 Å². The minimum Gasteiger partial charge on any atom is -0.497 e. The number of rotatable bonds is 8. The number of methoxy groups -OCH3 is 2. The molecule has 144 valence electrons. The van der Waals surface area contributed by atoms with Crippen LogP contribution >= 0.6 is 0 Å². The lowest BCUT2D eigenvalue weighted by atomic mass is 9.60. The average Bonchev–Trinajstić information content (AvgIpc) is 3.11. The predicted molar refractivity (Wildman–Crippen MR) is 105 cm³/mol. The van der Waals surface area contributed by atoms with Gasteiger partial charge in [0.1, 0.15) is 11.6 Å². The first-order valence-electron chi connectivity index (χ1n) is 9.96. The molecule has 1 heterocycles. The minimum atomic E-state index is 0.541. The first kappa shape index (κ1) is 18.4. The largest absolute Gasteiger partial charge is 0.497 e. The summed E-state index contributed by atoms with van der Waals surface area (Å²) >= 11 is 0. The molecular formula is C22H29N3O2. The molecule has 2 aliphatic carbocycles. The summed E-state index contributed by atoms with van der Waals surface area (Å²) in [5.74, 6) is 4.00. The van der Waals surface area contributed by atoms with Crippen molar-refractivity contribution in [1.82, 2.24) is 15.3 Å². The van der Waals surface area contributed by atoms with Crippen LogP contribution in [0.4, 0.5) is 0 Å². The number of benzene rings is 1. The summed E-state index contributed by atoms with van der Waals surface area (Å²) in [5, 5.41) is 3.81. The lowest BCUT2D eigenvalue weighted by Gasteiger charge is -2.50. The van der Waals surface area contributed by atoms with Gasteiger partial charge in [0.25, 0.3) is 0 Å². The van der Waals surface area contributed by atoms with E-state index in [-0.39, 0.29) is 0 Å². The summed E-state index contributed by atoms with van der Waals surface area (Å²) in [5.41, 5.74) is 2.58. The van der Waals surface area contributed by atoms with E-state index < -0.39 is 0 Å². The fraction of sp³-hybridized carbons (Fsp3) is 0.545. The Bertz CT molecular complexity index is 732. The molecule has 2 saturated carbocycles. The molecule has 0 amide bonds. The standard InChI is InChI=1S/C22H29N3O2/c1-26-11-10-20-23-12-15(13-24-20)14-25-22-19-5-3-4-18(19)21(22)16-6-8-17(27-2)9-7-16/h6-9,12-13,18-19,21-22,25H,3-5,10-11,14H2,1-2H3/t18-,19-,21+,22+/m0/s1. The summed E-state index contributed by atoms with van der Waals surface area (Å²) in [4.78, 5) is 8.91. The van der Waals surface area contributed by atoms with Crippen molar-refractivity contribution in [2.24, 2.45) is 11.8 Å². The SMILES string of the molecule is COCCc1ncc(CN[C@@H]2[C@H]3CCC[C@@H]3[C@H]2c2ccc(OC)cc2)cn1. The minimum absolute atomic E-state index is 0.541. The monoisotopic (exact) mass is 367 g/mol. The van der Waals surface area contributed by atoms with Gasteiger partial charge in [-0.1, -0.05) is 18.6 Å². The van der Waals surface area contributed by atoms with Gasteiger partial charge in [0.2, 0.25) is 0 Å². The van der Waals surface area contributed by atoms with Crippen molar-refractivity contribution < 1.29 is 9.47 Å². The lowest BCUT2D eigenvalue weighted by molar-refractivity contribution is 0.0940. The third kappa shape index (κ3) is 3.85. The van der Waals surface area contributed by atoms with Gasteiger partial charge in [-0.15, -0.1) is 0 Å². The van der Waals surface area contributed by atoms with E-state index in [1.807, 2.05) is 12.4 Å².